The third-order valence-electron chi connectivity index (χ3n) is 3.39. The summed E-state index contributed by atoms with van der Waals surface area (Å²) in [5.74, 6) is 0. The van der Waals surface area contributed by atoms with E-state index < -0.39 is 0 Å². The van der Waals surface area contributed by atoms with Crippen LogP contribution in [0.2, 0.25) is 0 Å². The number of halogens is 1. The van der Waals surface area contributed by atoms with Crippen molar-refractivity contribution in [1.82, 2.24) is 14.7 Å². The first-order valence-corrected chi connectivity index (χ1v) is 6.56. The van der Waals surface area contributed by atoms with E-state index in [1.165, 1.54) is 5.69 Å². The van der Waals surface area contributed by atoms with Crippen molar-refractivity contribution in [3.8, 4) is 0 Å². The van der Waals surface area contributed by atoms with Crippen LogP contribution in [0.5, 0.6) is 0 Å². The normalized spacial score (nSPS) is 18.9. The van der Waals surface area contributed by atoms with Crippen LogP contribution >= 0.6 is 15.9 Å². The van der Waals surface area contributed by atoms with Gasteiger partial charge in [-0.05, 0) is 50.5 Å². The predicted molar refractivity (Wildman–Crippen MR) is 69.8 cm³/mol. The zero-order valence-corrected chi connectivity index (χ0v) is 12.3. The molecule has 1 fully saturated rings. The van der Waals surface area contributed by atoms with Crippen molar-refractivity contribution in [2.45, 2.75) is 46.2 Å². The van der Waals surface area contributed by atoms with Crippen molar-refractivity contribution in [1.29, 1.82) is 0 Å². The number of aryl methyl sites for hydroxylation is 1. The predicted octanol–water partition coefficient (Wildman–Crippen LogP) is 2.92. The van der Waals surface area contributed by atoms with Gasteiger partial charge in [0.1, 0.15) is 0 Å². The van der Waals surface area contributed by atoms with Crippen molar-refractivity contribution >= 4 is 15.9 Å². The van der Waals surface area contributed by atoms with Gasteiger partial charge in [0.2, 0.25) is 0 Å². The van der Waals surface area contributed by atoms with Gasteiger partial charge in [0.15, 0.2) is 0 Å². The van der Waals surface area contributed by atoms with Crippen molar-refractivity contribution < 1.29 is 0 Å². The van der Waals surface area contributed by atoms with Crippen LogP contribution in [0, 0.1) is 13.8 Å². The molecule has 2 rings (SSSR count). The molecular weight excluding hydrogens is 266 g/mol. The zero-order valence-electron chi connectivity index (χ0n) is 10.7. The van der Waals surface area contributed by atoms with E-state index in [0.717, 1.165) is 23.3 Å². The van der Waals surface area contributed by atoms with Gasteiger partial charge < -0.3 is 0 Å². The number of likely N-dealkylation sites (tertiary alicyclic amines) is 1. The average Bonchev–Trinajstić information content (AvgIpc) is 2.29. The van der Waals surface area contributed by atoms with Crippen molar-refractivity contribution in [3.05, 3.63) is 15.9 Å². The maximum Gasteiger partial charge on any atom is 0.0776 e. The molecule has 1 saturated heterocycles. The van der Waals surface area contributed by atoms with E-state index in [-0.39, 0.29) is 5.54 Å². The fourth-order valence-corrected chi connectivity index (χ4v) is 2.42. The second kappa shape index (κ2) is 3.84. The summed E-state index contributed by atoms with van der Waals surface area (Å²) in [6.45, 7) is 13.2. The monoisotopic (exact) mass is 285 g/mol. The van der Waals surface area contributed by atoms with Crippen LogP contribution in [0.1, 0.15) is 38.2 Å². The second-order valence-electron chi connectivity index (χ2n) is 5.66. The highest BCUT2D eigenvalue weighted by Gasteiger charge is 2.36. The molecule has 0 aliphatic carbocycles. The van der Waals surface area contributed by atoms with Gasteiger partial charge in [-0.15, -0.1) is 0 Å². The molecule has 0 N–H and O–H groups in total. The van der Waals surface area contributed by atoms with Gasteiger partial charge in [-0.2, -0.15) is 5.10 Å². The molecule has 16 heavy (non-hydrogen) atoms. The molecule has 4 heteroatoms. The van der Waals surface area contributed by atoms with Crippen LogP contribution < -0.4 is 0 Å². The number of nitrogens with zero attached hydrogens (tertiary/aromatic N) is 3. The third-order valence-corrected chi connectivity index (χ3v) is 4.54. The maximum atomic E-state index is 4.59. The molecule has 1 aromatic heterocycles. The van der Waals surface area contributed by atoms with E-state index in [4.69, 9.17) is 0 Å². The van der Waals surface area contributed by atoms with Crippen LogP contribution in [0.4, 0.5) is 0 Å². The first kappa shape index (κ1) is 12.1. The van der Waals surface area contributed by atoms with Crippen molar-refractivity contribution in [2.24, 2.45) is 0 Å². The topological polar surface area (TPSA) is 21.1 Å². The summed E-state index contributed by atoms with van der Waals surface area (Å²) in [6.07, 6.45) is 0. The van der Waals surface area contributed by atoms with Gasteiger partial charge in [0.25, 0.3) is 0 Å². The molecule has 0 spiro atoms. The fourth-order valence-electron chi connectivity index (χ4n) is 2.16. The van der Waals surface area contributed by atoms with Gasteiger partial charge in [0, 0.05) is 18.6 Å². The summed E-state index contributed by atoms with van der Waals surface area (Å²) in [4.78, 5) is 2.49. The zero-order chi connectivity index (χ0) is 12.1. The van der Waals surface area contributed by atoms with Crippen LogP contribution in [-0.2, 0) is 0 Å². The Balaban J connectivity index is 2.10. The molecule has 1 aromatic rings. The number of rotatable bonds is 1. The molecule has 2 heterocycles. The molecule has 90 valence electrons. The lowest BCUT2D eigenvalue weighted by molar-refractivity contribution is 0.0145. The SMILES string of the molecule is Cc1nn(C2CN(C(C)(C)C)C2)c(C)c1Br. The number of aromatic nitrogens is 2. The molecule has 0 radical (unpaired) electrons. The summed E-state index contributed by atoms with van der Waals surface area (Å²) in [5.41, 5.74) is 2.62. The van der Waals surface area contributed by atoms with Crippen LogP contribution in [0.25, 0.3) is 0 Å². The molecular formula is C12H20BrN3. The van der Waals surface area contributed by atoms with Gasteiger partial charge in [0.05, 0.1) is 21.9 Å². The lowest BCUT2D eigenvalue weighted by Gasteiger charge is -2.47. The molecule has 3 nitrogen and oxygen atoms in total. The minimum Gasteiger partial charge on any atom is -0.294 e. The number of hydrogen-bond acceptors (Lipinski definition) is 2. The third kappa shape index (κ3) is 1.93. The van der Waals surface area contributed by atoms with E-state index >= 15 is 0 Å². The van der Waals surface area contributed by atoms with Gasteiger partial charge in [-0.25, -0.2) is 0 Å². The average molecular weight is 286 g/mol. The largest absolute Gasteiger partial charge is 0.294 e. The fraction of sp³-hybridized carbons (Fsp3) is 0.750. The quantitative estimate of drug-likeness (QED) is 0.791. The summed E-state index contributed by atoms with van der Waals surface area (Å²) in [6, 6.07) is 0.546. The molecule has 0 saturated carbocycles. The van der Waals surface area contributed by atoms with Crippen molar-refractivity contribution in [3.63, 3.8) is 0 Å². The van der Waals surface area contributed by atoms with Crippen LogP contribution in [0.15, 0.2) is 4.47 Å². The molecule has 0 bridgehead atoms. The van der Waals surface area contributed by atoms with E-state index in [2.05, 4.69) is 58.3 Å². The molecule has 0 aromatic carbocycles. The highest BCUT2D eigenvalue weighted by Crippen LogP contribution is 2.31. The minimum atomic E-state index is 0.282. The van der Waals surface area contributed by atoms with E-state index in [9.17, 15) is 0 Å². The first-order chi connectivity index (χ1) is 7.30. The number of hydrogen-bond donors (Lipinski definition) is 0. The highest BCUT2D eigenvalue weighted by molar-refractivity contribution is 9.10. The van der Waals surface area contributed by atoms with E-state index in [1.54, 1.807) is 0 Å². The van der Waals surface area contributed by atoms with Crippen molar-refractivity contribution in [2.75, 3.05) is 13.1 Å². The Kier molecular flexibility index (Phi) is 2.91. The van der Waals surface area contributed by atoms with Gasteiger partial charge in [-0.3, -0.25) is 9.58 Å². The Morgan fingerprint density at radius 1 is 1.25 bits per heavy atom. The minimum absolute atomic E-state index is 0.282. The Morgan fingerprint density at radius 2 is 1.81 bits per heavy atom. The standard InChI is InChI=1S/C12H20BrN3/c1-8-11(13)9(2)16(14-8)10-6-15(7-10)12(3,4)5/h10H,6-7H2,1-5H3. The second-order valence-corrected chi connectivity index (χ2v) is 6.45. The molecule has 1 aliphatic heterocycles. The Morgan fingerprint density at radius 3 is 2.19 bits per heavy atom. The molecule has 0 amide bonds. The summed E-state index contributed by atoms with van der Waals surface area (Å²) in [5, 5.41) is 4.59. The lowest BCUT2D eigenvalue weighted by Crippen LogP contribution is -2.56. The molecule has 0 unspecified atom stereocenters. The summed E-state index contributed by atoms with van der Waals surface area (Å²) >= 11 is 3.58. The van der Waals surface area contributed by atoms with Gasteiger partial charge >= 0.3 is 0 Å². The lowest BCUT2D eigenvalue weighted by atomic mass is 9.98. The maximum absolute atomic E-state index is 4.59. The summed E-state index contributed by atoms with van der Waals surface area (Å²) in [7, 11) is 0. The van der Waals surface area contributed by atoms with Crippen LogP contribution in [0.3, 0.4) is 0 Å². The Labute approximate surface area is 106 Å². The smallest absolute Gasteiger partial charge is 0.0776 e. The first-order valence-electron chi connectivity index (χ1n) is 5.77. The van der Waals surface area contributed by atoms with E-state index in [0.29, 0.717) is 6.04 Å². The summed E-state index contributed by atoms with van der Waals surface area (Å²) < 4.78 is 3.32. The highest BCUT2D eigenvalue weighted by atomic mass is 79.9. The Hall–Kier alpha value is -0.350. The van der Waals surface area contributed by atoms with E-state index in [1.807, 2.05) is 6.92 Å². The Bertz CT molecular complexity index is 397. The molecule has 1 aliphatic rings. The molecule has 0 atom stereocenters. The van der Waals surface area contributed by atoms with Crippen LogP contribution in [-0.4, -0.2) is 33.3 Å². The van der Waals surface area contributed by atoms with Gasteiger partial charge in [-0.1, -0.05) is 0 Å².